The van der Waals surface area contributed by atoms with Gasteiger partial charge in [0, 0.05) is 13.1 Å². The van der Waals surface area contributed by atoms with Gasteiger partial charge in [-0.25, -0.2) is 0 Å². The van der Waals surface area contributed by atoms with Crippen molar-refractivity contribution in [1.82, 2.24) is 4.90 Å². The number of benzene rings is 1. The van der Waals surface area contributed by atoms with E-state index in [4.69, 9.17) is 4.74 Å². The summed E-state index contributed by atoms with van der Waals surface area (Å²) in [5.41, 5.74) is 1.39. The number of amides is 1. The molecule has 1 aliphatic rings. The Morgan fingerprint density at radius 2 is 1.73 bits per heavy atom. The Bertz CT molecular complexity index is 495. The molecule has 0 radical (unpaired) electrons. The van der Waals surface area contributed by atoms with Crippen LogP contribution < -0.4 is 4.74 Å². The maximum absolute atomic E-state index is 12.5. The zero-order chi connectivity index (χ0) is 16.3. The van der Waals surface area contributed by atoms with Gasteiger partial charge < -0.3 is 9.64 Å². The Hall–Kier alpha value is -1.51. The molecule has 122 valence electrons. The minimum Gasteiger partial charge on any atom is -0.481 e. The molecule has 3 heteroatoms. The second-order valence-electron chi connectivity index (χ2n) is 7.42. The van der Waals surface area contributed by atoms with Crippen LogP contribution in [0.3, 0.4) is 0 Å². The van der Waals surface area contributed by atoms with Crippen molar-refractivity contribution in [1.29, 1.82) is 0 Å². The zero-order valence-corrected chi connectivity index (χ0v) is 14.6. The molecule has 0 bridgehead atoms. The highest BCUT2D eigenvalue weighted by Gasteiger charge is 2.27. The van der Waals surface area contributed by atoms with E-state index in [1.54, 1.807) is 0 Å². The van der Waals surface area contributed by atoms with Crippen LogP contribution in [0.4, 0.5) is 0 Å². The van der Waals surface area contributed by atoms with Crippen molar-refractivity contribution in [3.63, 3.8) is 0 Å². The molecule has 1 aromatic rings. The molecule has 0 aliphatic heterocycles. The van der Waals surface area contributed by atoms with Crippen molar-refractivity contribution in [2.45, 2.75) is 70.9 Å². The van der Waals surface area contributed by atoms with Gasteiger partial charge in [-0.3, -0.25) is 4.79 Å². The summed E-state index contributed by atoms with van der Waals surface area (Å²) in [6.45, 7) is 8.40. The first-order chi connectivity index (χ1) is 10.3. The SMILES string of the molecule is CC(Oc1ccc(C(C)(C)C)cc1)C(=O)N(C)C1CCCC1. The van der Waals surface area contributed by atoms with Gasteiger partial charge >= 0.3 is 0 Å². The second-order valence-corrected chi connectivity index (χ2v) is 7.42. The van der Waals surface area contributed by atoms with Gasteiger partial charge in [0.25, 0.3) is 5.91 Å². The summed E-state index contributed by atoms with van der Waals surface area (Å²) < 4.78 is 5.83. The summed E-state index contributed by atoms with van der Waals surface area (Å²) in [7, 11) is 1.90. The van der Waals surface area contributed by atoms with Crippen LogP contribution >= 0.6 is 0 Å². The Kier molecular flexibility index (Phi) is 5.15. The van der Waals surface area contributed by atoms with E-state index in [2.05, 4.69) is 32.9 Å². The standard InChI is InChI=1S/C19H29NO2/c1-14(18(21)20(5)16-8-6-7-9-16)22-17-12-10-15(11-13-17)19(2,3)4/h10-14,16H,6-9H2,1-5H3. The number of ether oxygens (including phenoxy) is 1. The number of nitrogens with zero attached hydrogens (tertiary/aromatic N) is 1. The number of hydrogen-bond donors (Lipinski definition) is 0. The van der Waals surface area contributed by atoms with Crippen molar-refractivity contribution in [2.75, 3.05) is 7.05 Å². The number of likely N-dealkylation sites (N-methyl/N-ethyl adjacent to an activating group) is 1. The van der Waals surface area contributed by atoms with Crippen molar-refractivity contribution in [3.05, 3.63) is 29.8 Å². The third-order valence-electron chi connectivity index (χ3n) is 4.60. The molecule has 22 heavy (non-hydrogen) atoms. The van der Waals surface area contributed by atoms with Crippen LogP contribution in [-0.2, 0) is 10.2 Å². The van der Waals surface area contributed by atoms with E-state index in [1.165, 1.54) is 18.4 Å². The van der Waals surface area contributed by atoms with E-state index in [-0.39, 0.29) is 11.3 Å². The molecular weight excluding hydrogens is 274 g/mol. The second kappa shape index (κ2) is 6.72. The lowest BCUT2D eigenvalue weighted by Crippen LogP contribution is -2.42. The van der Waals surface area contributed by atoms with E-state index in [9.17, 15) is 4.79 Å². The highest BCUT2D eigenvalue weighted by molar-refractivity contribution is 5.81. The third-order valence-corrected chi connectivity index (χ3v) is 4.60. The molecular formula is C19H29NO2. The molecule has 0 heterocycles. The molecule has 1 amide bonds. The largest absolute Gasteiger partial charge is 0.481 e. The number of rotatable bonds is 4. The lowest BCUT2D eigenvalue weighted by atomic mass is 9.87. The predicted octanol–water partition coefficient (Wildman–Crippen LogP) is 4.15. The van der Waals surface area contributed by atoms with Crippen LogP contribution in [0.15, 0.2) is 24.3 Å². The predicted molar refractivity (Wildman–Crippen MR) is 90.3 cm³/mol. The van der Waals surface area contributed by atoms with Crippen molar-refractivity contribution in [3.8, 4) is 5.75 Å². The fourth-order valence-electron chi connectivity index (χ4n) is 3.05. The Labute approximate surface area is 134 Å². The van der Waals surface area contributed by atoms with Gasteiger partial charge in [-0.05, 0) is 42.9 Å². The van der Waals surface area contributed by atoms with Crippen LogP contribution in [0.2, 0.25) is 0 Å². The fourth-order valence-corrected chi connectivity index (χ4v) is 3.05. The Morgan fingerprint density at radius 1 is 1.18 bits per heavy atom. The smallest absolute Gasteiger partial charge is 0.263 e. The summed E-state index contributed by atoms with van der Waals surface area (Å²) in [4.78, 5) is 14.3. The third kappa shape index (κ3) is 4.02. The van der Waals surface area contributed by atoms with Crippen LogP contribution in [0.5, 0.6) is 5.75 Å². The highest BCUT2D eigenvalue weighted by atomic mass is 16.5. The van der Waals surface area contributed by atoms with Gasteiger partial charge in [-0.2, -0.15) is 0 Å². The maximum Gasteiger partial charge on any atom is 0.263 e. The molecule has 1 saturated carbocycles. The van der Waals surface area contributed by atoms with Crippen LogP contribution in [0.25, 0.3) is 0 Å². The molecule has 1 aliphatic carbocycles. The first-order valence-electron chi connectivity index (χ1n) is 8.33. The molecule has 0 saturated heterocycles. The monoisotopic (exact) mass is 303 g/mol. The molecule has 3 nitrogen and oxygen atoms in total. The van der Waals surface area contributed by atoms with Gasteiger partial charge in [0.1, 0.15) is 5.75 Å². The number of carbonyl (C=O) groups excluding carboxylic acids is 1. The first-order valence-corrected chi connectivity index (χ1v) is 8.33. The molecule has 2 rings (SSSR count). The molecule has 0 spiro atoms. The van der Waals surface area contributed by atoms with E-state index < -0.39 is 6.10 Å². The molecule has 1 atom stereocenters. The average molecular weight is 303 g/mol. The van der Waals surface area contributed by atoms with Gasteiger partial charge in [-0.15, -0.1) is 0 Å². The summed E-state index contributed by atoms with van der Waals surface area (Å²) in [5, 5.41) is 0. The summed E-state index contributed by atoms with van der Waals surface area (Å²) >= 11 is 0. The lowest BCUT2D eigenvalue weighted by Gasteiger charge is -2.27. The lowest BCUT2D eigenvalue weighted by molar-refractivity contribution is -0.138. The van der Waals surface area contributed by atoms with Crippen molar-refractivity contribution in [2.24, 2.45) is 0 Å². The zero-order valence-electron chi connectivity index (χ0n) is 14.6. The highest BCUT2D eigenvalue weighted by Crippen LogP contribution is 2.26. The summed E-state index contributed by atoms with van der Waals surface area (Å²) in [6, 6.07) is 8.46. The van der Waals surface area contributed by atoms with Gasteiger partial charge in [-0.1, -0.05) is 45.7 Å². The van der Waals surface area contributed by atoms with Gasteiger partial charge in [0.15, 0.2) is 6.10 Å². The quantitative estimate of drug-likeness (QED) is 0.836. The van der Waals surface area contributed by atoms with Crippen LogP contribution in [-0.4, -0.2) is 30.0 Å². The van der Waals surface area contributed by atoms with E-state index in [0.717, 1.165) is 18.6 Å². The minimum atomic E-state index is -0.439. The van der Waals surface area contributed by atoms with Crippen molar-refractivity contribution >= 4 is 5.91 Å². The Morgan fingerprint density at radius 3 is 2.23 bits per heavy atom. The first kappa shape index (κ1) is 16.9. The molecule has 1 aromatic carbocycles. The normalized spacial score (nSPS) is 17.3. The molecule has 1 unspecified atom stereocenters. The molecule has 0 N–H and O–H groups in total. The van der Waals surface area contributed by atoms with Gasteiger partial charge in [0.2, 0.25) is 0 Å². The van der Waals surface area contributed by atoms with Crippen LogP contribution in [0.1, 0.15) is 58.9 Å². The van der Waals surface area contributed by atoms with Crippen molar-refractivity contribution < 1.29 is 9.53 Å². The number of carbonyl (C=O) groups is 1. The number of hydrogen-bond acceptors (Lipinski definition) is 2. The minimum absolute atomic E-state index is 0.0757. The fraction of sp³-hybridized carbons (Fsp3) is 0.632. The Balaban J connectivity index is 1.96. The van der Waals surface area contributed by atoms with Gasteiger partial charge in [0.05, 0.1) is 0 Å². The van der Waals surface area contributed by atoms with E-state index >= 15 is 0 Å². The average Bonchev–Trinajstić information content (AvgIpc) is 2.99. The maximum atomic E-state index is 12.5. The summed E-state index contributed by atoms with van der Waals surface area (Å²) in [5.74, 6) is 0.834. The summed E-state index contributed by atoms with van der Waals surface area (Å²) in [6.07, 6.45) is 4.26. The molecule has 1 fully saturated rings. The van der Waals surface area contributed by atoms with E-state index in [1.807, 2.05) is 31.0 Å². The van der Waals surface area contributed by atoms with Crippen LogP contribution in [0, 0.1) is 0 Å². The van der Waals surface area contributed by atoms with E-state index in [0.29, 0.717) is 6.04 Å². The topological polar surface area (TPSA) is 29.5 Å². The molecule has 0 aromatic heterocycles.